The molecule has 1 aliphatic rings. The molecule has 2 aromatic heterocycles. The fourth-order valence-electron chi connectivity index (χ4n) is 5.09. The first-order valence-corrected chi connectivity index (χ1v) is 11.7. The smallest absolute Gasteiger partial charge is 0.162 e. The van der Waals surface area contributed by atoms with Crippen molar-refractivity contribution in [3.05, 3.63) is 59.0 Å². The van der Waals surface area contributed by atoms with Gasteiger partial charge in [-0.25, -0.2) is 4.89 Å². The zero-order chi connectivity index (χ0) is 23.5. The number of rotatable bonds is 7. The number of nitrogens with two attached hydrogens (primary N) is 1. The van der Waals surface area contributed by atoms with Crippen molar-refractivity contribution in [2.75, 3.05) is 0 Å². The molecule has 1 fully saturated rings. The topological polar surface area (TPSA) is 90.4 Å². The van der Waals surface area contributed by atoms with Crippen LogP contribution in [0.1, 0.15) is 62.6 Å². The highest BCUT2D eigenvalue weighted by atomic mass is 17.1. The van der Waals surface area contributed by atoms with E-state index in [2.05, 4.69) is 21.7 Å². The van der Waals surface area contributed by atoms with Crippen molar-refractivity contribution in [1.82, 2.24) is 9.55 Å². The number of hydrogen-bond donors (Lipinski definition) is 2. The predicted octanol–water partition coefficient (Wildman–Crippen LogP) is 5.86. The van der Waals surface area contributed by atoms with Crippen LogP contribution in [-0.4, -0.2) is 20.6 Å². The van der Waals surface area contributed by atoms with Gasteiger partial charge in [0.15, 0.2) is 5.78 Å². The first kappa shape index (κ1) is 23.2. The van der Waals surface area contributed by atoms with Crippen LogP contribution in [0.15, 0.2) is 42.4 Å². The number of aryl methyl sites for hydroxylation is 1. The Morgan fingerprint density at radius 3 is 2.64 bits per heavy atom. The number of carbonyl (C=O) groups is 1. The molecule has 1 saturated carbocycles. The van der Waals surface area contributed by atoms with Gasteiger partial charge in [0.25, 0.3) is 0 Å². The minimum atomic E-state index is -0.0612. The molecule has 33 heavy (non-hydrogen) atoms. The summed E-state index contributed by atoms with van der Waals surface area (Å²) in [5.41, 5.74) is 13.8. The van der Waals surface area contributed by atoms with E-state index in [0.29, 0.717) is 17.2 Å². The van der Waals surface area contributed by atoms with Crippen LogP contribution in [0.3, 0.4) is 0 Å². The minimum absolute atomic E-state index is 0.0612. The van der Waals surface area contributed by atoms with Crippen LogP contribution in [-0.2, 0) is 22.8 Å². The van der Waals surface area contributed by atoms with E-state index in [1.807, 2.05) is 25.1 Å². The predicted molar refractivity (Wildman–Crippen MR) is 131 cm³/mol. The van der Waals surface area contributed by atoms with Crippen molar-refractivity contribution < 1.29 is 14.9 Å². The number of nitrogens with zero attached hydrogens (tertiary/aromatic N) is 2. The number of hydrogen-bond acceptors (Lipinski definition) is 5. The van der Waals surface area contributed by atoms with Crippen LogP contribution < -0.4 is 5.73 Å². The lowest BCUT2D eigenvalue weighted by atomic mass is 9.89. The average molecular weight is 448 g/mol. The molecule has 0 saturated heterocycles. The summed E-state index contributed by atoms with van der Waals surface area (Å²) in [6, 6.07) is 8.21. The van der Waals surface area contributed by atoms with Crippen LogP contribution in [0.4, 0.5) is 0 Å². The molecule has 1 aromatic carbocycles. The number of carbonyl (C=O) groups excluding carboxylic acids is 1. The summed E-state index contributed by atoms with van der Waals surface area (Å²) >= 11 is 0. The van der Waals surface area contributed by atoms with Gasteiger partial charge in [0.2, 0.25) is 0 Å². The lowest BCUT2D eigenvalue weighted by molar-refractivity contribution is -0.253. The largest absolute Gasteiger partial charge is 0.402 e. The Labute approximate surface area is 195 Å². The molecule has 6 heteroatoms. The van der Waals surface area contributed by atoms with E-state index >= 15 is 0 Å². The number of allylic oxidation sites excluding steroid dienone is 2. The fourth-order valence-corrected chi connectivity index (χ4v) is 5.09. The van der Waals surface area contributed by atoms with Crippen molar-refractivity contribution in [1.29, 1.82) is 0 Å². The zero-order valence-electron chi connectivity index (χ0n) is 19.7. The minimum Gasteiger partial charge on any atom is -0.402 e. The maximum atomic E-state index is 12.3. The second kappa shape index (κ2) is 9.89. The van der Waals surface area contributed by atoms with Crippen molar-refractivity contribution in [2.45, 2.75) is 66.0 Å². The SMILES string of the molecule is CC(=O)C(=C(C)N)c1cnc2c(-c3ccc(C)c(COO)c3)cn(CC3CCCCC3)c2c1. The molecule has 3 N–H and O–H groups in total. The Morgan fingerprint density at radius 1 is 1.21 bits per heavy atom. The van der Waals surface area contributed by atoms with Crippen molar-refractivity contribution >= 4 is 22.4 Å². The van der Waals surface area contributed by atoms with Crippen molar-refractivity contribution in [3.63, 3.8) is 0 Å². The number of ketones is 1. The zero-order valence-corrected chi connectivity index (χ0v) is 19.7. The van der Waals surface area contributed by atoms with Gasteiger partial charge in [-0.2, -0.15) is 0 Å². The van der Waals surface area contributed by atoms with E-state index in [1.54, 1.807) is 20.0 Å². The Balaban J connectivity index is 1.86. The van der Waals surface area contributed by atoms with Gasteiger partial charge >= 0.3 is 0 Å². The molecule has 4 rings (SSSR count). The highest BCUT2D eigenvalue weighted by molar-refractivity contribution is 6.20. The van der Waals surface area contributed by atoms with E-state index < -0.39 is 0 Å². The van der Waals surface area contributed by atoms with Crippen LogP contribution in [0, 0.1) is 12.8 Å². The second-order valence-electron chi connectivity index (χ2n) is 9.32. The third-order valence-electron chi connectivity index (χ3n) is 6.81. The summed E-state index contributed by atoms with van der Waals surface area (Å²) in [5, 5.41) is 8.98. The van der Waals surface area contributed by atoms with Crippen molar-refractivity contribution in [2.24, 2.45) is 11.7 Å². The van der Waals surface area contributed by atoms with Gasteiger partial charge in [0.1, 0.15) is 6.61 Å². The van der Waals surface area contributed by atoms with Crippen LogP contribution in [0.2, 0.25) is 0 Å². The summed E-state index contributed by atoms with van der Waals surface area (Å²) in [6.07, 6.45) is 10.3. The molecule has 174 valence electrons. The molecule has 0 aliphatic heterocycles. The third-order valence-corrected chi connectivity index (χ3v) is 6.81. The van der Waals surface area contributed by atoms with Gasteiger partial charge in [-0.1, -0.05) is 31.4 Å². The van der Waals surface area contributed by atoms with Gasteiger partial charge in [-0.15, -0.1) is 0 Å². The average Bonchev–Trinajstić information content (AvgIpc) is 3.13. The first-order valence-electron chi connectivity index (χ1n) is 11.7. The molecule has 1 aliphatic carbocycles. The summed E-state index contributed by atoms with van der Waals surface area (Å²) in [6.45, 7) is 6.37. The number of aromatic nitrogens is 2. The molecule has 0 bridgehead atoms. The Bertz CT molecular complexity index is 1200. The van der Waals surface area contributed by atoms with Gasteiger partial charge in [0, 0.05) is 41.3 Å². The quantitative estimate of drug-likeness (QED) is 0.269. The van der Waals surface area contributed by atoms with Gasteiger partial charge in [-0.3, -0.25) is 15.0 Å². The number of fused-ring (bicyclic) bond motifs is 1. The molecule has 0 amide bonds. The van der Waals surface area contributed by atoms with Crippen LogP contribution >= 0.6 is 0 Å². The second-order valence-corrected chi connectivity index (χ2v) is 9.32. The fraction of sp³-hybridized carbons (Fsp3) is 0.407. The van der Waals surface area contributed by atoms with E-state index in [0.717, 1.165) is 45.4 Å². The van der Waals surface area contributed by atoms with E-state index in [9.17, 15) is 4.79 Å². The molecule has 3 aromatic rings. The maximum absolute atomic E-state index is 12.3. The summed E-state index contributed by atoms with van der Waals surface area (Å²) in [4.78, 5) is 21.5. The molecule has 0 atom stereocenters. The van der Waals surface area contributed by atoms with Gasteiger partial charge < -0.3 is 10.3 Å². The molecular formula is C27H33N3O3. The lowest BCUT2D eigenvalue weighted by Gasteiger charge is -2.22. The maximum Gasteiger partial charge on any atom is 0.162 e. The number of Topliss-reactive ketones (excluding diaryl/α,β-unsaturated/α-hetero) is 1. The monoisotopic (exact) mass is 447 g/mol. The van der Waals surface area contributed by atoms with Crippen molar-refractivity contribution in [3.8, 4) is 11.1 Å². The molecule has 0 spiro atoms. The third kappa shape index (κ3) is 4.87. The Hall–Kier alpha value is -2.96. The summed E-state index contributed by atoms with van der Waals surface area (Å²) < 4.78 is 2.29. The highest BCUT2D eigenvalue weighted by Crippen LogP contribution is 2.34. The molecule has 0 unspecified atom stereocenters. The molecular weight excluding hydrogens is 414 g/mol. The van der Waals surface area contributed by atoms with E-state index in [1.165, 1.54) is 32.1 Å². The molecule has 2 heterocycles. The van der Waals surface area contributed by atoms with Crippen LogP contribution in [0.25, 0.3) is 27.7 Å². The number of benzene rings is 1. The first-order chi connectivity index (χ1) is 15.9. The molecule has 0 radical (unpaired) electrons. The van der Waals surface area contributed by atoms with Crippen LogP contribution in [0.5, 0.6) is 0 Å². The van der Waals surface area contributed by atoms with Gasteiger partial charge in [-0.05, 0) is 68.4 Å². The number of pyridine rings is 1. The Kier molecular flexibility index (Phi) is 6.96. The normalized spacial score (nSPS) is 15.6. The standard InChI is InChI=1S/C27H33N3O3/c1-17-9-10-21(11-23(17)16-33-32)24-15-30(14-20-7-5-4-6-8-20)25-12-22(13-29-27(24)25)26(18(2)28)19(3)31/h9-13,15,20,32H,4-8,14,16,28H2,1-3H3. The summed E-state index contributed by atoms with van der Waals surface area (Å²) in [5.74, 6) is 0.579. The van der Waals surface area contributed by atoms with Gasteiger partial charge in [0.05, 0.1) is 11.0 Å². The Morgan fingerprint density at radius 2 is 1.97 bits per heavy atom. The molecule has 6 nitrogen and oxygen atoms in total. The van der Waals surface area contributed by atoms with E-state index in [4.69, 9.17) is 16.0 Å². The summed E-state index contributed by atoms with van der Waals surface area (Å²) in [7, 11) is 0. The van der Waals surface area contributed by atoms with E-state index in [-0.39, 0.29) is 12.4 Å². The highest BCUT2D eigenvalue weighted by Gasteiger charge is 2.20. The lowest BCUT2D eigenvalue weighted by Crippen LogP contribution is -2.13.